The third-order valence-corrected chi connectivity index (χ3v) is 9.78. The standard InChI is InChI=1S/C29H34N2O5S2/c1-4-17-31(24-13-8-12-23(19-24)30-38(34,35)26-14-9-18-37-26)27-25(32)20-29(21(2)3,36-28(27)33)16-15-22-10-6-5-7-11-22/h5-14,18-19,21,27,30H,4,15-17,20H2,1-3H3. The van der Waals surface area contributed by atoms with Crippen molar-refractivity contribution in [1.29, 1.82) is 0 Å². The molecule has 2 unspecified atom stereocenters. The summed E-state index contributed by atoms with van der Waals surface area (Å²) in [4.78, 5) is 28.9. The van der Waals surface area contributed by atoms with E-state index in [4.69, 9.17) is 4.74 Å². The molecule has 2 atom stereocenters. The highest BCUT2D eigenvalue weighted by molar-refractivity contribution is 7.94. The van der Waals surface area contributed by atoms with Crippen molar-refractivity contribution in [2.24, 2.45) is 5.92 Å². The number of carbonyl (C=O) groups excluding carboxylic acids is 2. The average Bonchev–Trinajstić information content (AvgIpc) is 3.43. The van der Waals surface area contributed by atoms with E-state index in [2.05, 4.69) is 4.72 Å². The molecule has 0 spiro atoms. The van der Waals surface area contributed by atoms with Crippen LogP contribution in [0.2, 0.25) is 0 Å². The zero-order chi connectivity index (χ0) is 27.3. The zero-order valence-corrected chi connectivity index (χ0v) is 23.6. The summed E-state index contributed by atoms with van der Waals surface area (Å²) >= 11 is 1.13. The Morgan fingerprint density at radius 2 is 1.84 bits per heavy atom. The Hall–Kier alpha value is -3.17. The van der Waals surface area contributed by atoms with Gasteiger partial charge in [0.2, 0.25) is 0 Å². The van der Waals surface area contributed by atoms with Crippen LogP contribution in [0.5, 0.6) is 0 Å². The van der Waals surface area contributed by atoms with Crippen LogP contribution in [0, 0.1) is 5.92 Å². The number of ether oxygens (including phenoxy) is 1. The van der Waals surface area contributed by atoms with E-state index < -0.39 is 27.6 Å². The first-order chi connectivity index (χ1) is 18.1. The minimum absolute atomic E-state index is 0.0327. The maximum Gasteiger partial charge on any atom is 0.337 e. The first kappa shape index (κ1) is 27.9. The van der Waals surface area contributed by atoms with Gasteiger partial charge in [-0.15, -0.1) is 11.3 Å². The van der Waals surface area contributed by atoms with E-state index in [1.165, 1.54) is 6.07 Å². The van der Waals surface area contributed by atoms with Gasteiger partial charge in [-0.25, -0.2) is 13.2 Å². The molecule has 0 bridgehead atoms. The number of sulfonamides is 1. The van der Waals surface area contributed by atoms with E-state index in [0.29, 0.717) is 37.2 Å². The number of benzene rings is 2. The minimum Gasteiger partial charge on any atom is -0.456 e. The van der Waals surface area contributed by atoms with Gasteiger partial charge in [-0.05, 0) is 60.4 Å². The average molecular weight is 555 g/mol. The molecule has 2 heterocycles. The smallest absolute Gasteiger partial charge is 0.337 e. The number of nitrogens with one attached hydrogen (secondary N) is 1. The third-order valence-electron chi connectivity index (χ3n) is 7.00. The normalized spacial score (nSPS) is 19.8. The van der Waals surface area contributed by atoms with E-state index >= 15 is 0 Å². The van der Waals surface area contributed by atoms with Crippen molar-refractivity contribution in [3.63, 3.8) is 0 Å². The van der Waals surface area contributed by atoms with Gasteiger partial charge in [0.1, 0.15) is 9.81 Å². The van der Waals surface area contributed by atoms with Gasteiger partial charge >= 0.3 is 5.97 Å². The van der Waals surface area contributed by atoms with Gasteiger partial charge in [0.25, 0.3) is 10.0 Å². The Bertz CT molecular complexity index is 1340. The van der Waals surface area contributed by atoms with Crippen LogP contribution in [0.15, 0.2) is 76.3 Å². The highest BCUT2D eigenvalue weighted by Crippen LogP contribution is 2.38. The lowest BCUT2D eigenvalue weighted by Gasteiger charge is -2.44. The van der Waals surface area contributed by atoms with E-state index in [9.17, 15) is 18.0 Å². The molecule has 1 N–H and O–H groups in total. The maximum atomic E-state index is 13.6. The summed E-state index contributed by atoms with van der Waals surface area (Å²) in [5.74, 6) is -0.767. The summed E-state index contributed by atoms with van der Waals surface area (Å²) in [5, 5.41) is 1.70. The van der Waals surface area contributed by atoms with Gasteiger partial charge in [0.05, 0.1) is 5.69 Å². The Labute approximate surface area is 228 Å². The van der Waals surface area contributed by atoms with Crippen molar-refractivity contribution in [2.45, 2.75) is 62.3 Å². The molecule has 1 fully saturated rings. The SMILES string of the molecule is CCCN(c1cccc(NS(=O)(=O)c2cccs2)c1)C1C(=O)CC(CCc2ccccc2)(C(C)C)OC1=O. The van der Waals surface area contributed by atoms with E-state index in [1.54, 1.807) is 40.6 Å². The molecule has 0 amide bonds. The molecular formula is C29H34N2O5S2. The molecule has 202 valence electrons. The number of nitrogens with zero attached hydrogens (tertiary/aromatic N) is 1. The lowest BCUT2D eigenvalue weighted by molar-refractivity contribution is -0.179. The van der Waals surface area contributed by atoms with Crippen LogP contribution in [0.1, 0.15) is 45.6 Å². The van der Waals surface area contributed by atoms with Crippen molar-refractivity contribution in [1.82, 2.24) is 0 Å². The fourth-order valence-electron chi connectivity index (χ4n) is 4.89. The van der Waals surface area contributed by atoms with Crippen LogP contribution >= 0.6 is 11.3 Å². The number of thiophene rings is 1. The van der Waals surface area contributed by atoms with E-state index in [1.807, 2.05) is 51.1 Å². The topological polar surface area (TPSA) is 92.8 Å². The van der Waals surface area contributed by atoms with Gasteiger partial charge in [0, 0.05) is 18.7 Å². The van der Waals surface area contributed by atoms with Crippen molar-refractivity contribution in [3.8, 4) is 0 Å². The predicted molar refractivity (Wildman–Crippen MR) is 151 cm³/mol. The molecule has 38 heavy (non-hydrogen) atoms. The highest BCUT2D eigenvalue weighted by Gasteiger charge is 2.50. The molecule has 1 aliphatic rings. The van der Waals surface area contributed by atoms with Crippen LogP contribution in [0.3, 0.4) is 0 Å². The summed E-state index contributed by atoms with van der Waals surface area (Å²) in [6.45, 7) is 6.37. The molecule has 1 aliphatic heterocycles. The minimum atomic E-state index is -3.73. The van der Waals surface area contributed by atoms with Crippen molar-refractivity contribution < 1.29 is 22.7 Å². The molecule has 0 radical (unpaired) electrons. The van der Waals surface area contributed by atoms with E-state index in [0.717, 1.165) is 16.9 Å². The largest absolute Gasteiger partial charge is 0.456 e. The number of anilines is 2. The number of esters is 1. The van der Waals surface area contributed by atoms with Gasteiger partial charge in [-0.2, -0.15) is 0 Å². The molecule has 0 saturated carbocycles. The molecule has 9 heteroatoms. The maximum absolute atomic E-state index is 13.6. The highest BCUT2D eigenvalue weighted by atomic mass is 32.2. The van der Waals surface area contributed by atoms with E-state index in [-0.39, 0.29) is 22.3 Å². The second-order valence-corrected chi connectivity index (χ2v) is 12.8. The number of carbonyl (C=O) groups is 2. The molecule has 4 rings (SSSR count). The van der Waals surface area contributed by atoms with Gasteiger partial charge in [-0.3, -0.25) is 9.52 Å². The van der Waals surface area contributed by atoms with Crippen LogP contribution in [-0.2, 0) is 30.8 Å². The second-order valence-electron chi connectivity index (χ2n) is 9.95. The fraction of sp³-hybridized carbons (Fsp3) is 0.379. The number of hydrogen-bond donors (Lipinski definition) is 1. The summed E-state index contributed by atoms with van der Waals surface area (Å²) in [6, 6.07) is 18.9. The Balaban J connectivity index is 1.57. The lowest BCUT2D eigenvalue weighted by atomic mass is 9.77. The van der Waals surface area contributed by atoms with Crippen LogP contribution in [-0.4, -0.2) is 38.4 Å². The van der Waals surface area contributed by atoms with Gasteiger partial charge in [-0.1, -0.05) is 63.2 Å². The summed E-state index contributed by atoms with van der Waals surface area (Å²) < 4.78 is 34.4. The number of rotatable bonds is 11. The molecule has 3 aromatic rings. The molecule has 7 nitrogen and oxygen atoms in total. The molecule has 2 aromatic carbocycles. The van der Waals surface area contributed by atoms with Crippen molar-refractivity contribution >= 4 is 44.5 Å². The fourth-order valence-corrected chi connectivity index (χ4v) is 6.93. The quantitative estimate of drug-likeness (QED) is 0.242. The van der Waals surface area contributed by atoms with Crippen molar-refractivity contribution in [3.05, 3.63) is 77.7 Å². The third kappa shape index (κ3) is 6.10. The predicted octanol–water partition coefficient (Wildman–Crippen LogP) is 5.68. The molecule has 0 aliphatic carbocycles. The molecule has 1 aromatic heterocycles. The second kappa shape index (κ2) is 11.7. The Morgan fingerprint density at radius 3 is 2.47 bits per heavy atom. The summed E-state index contributed by atoms with van der Waals surface area (Å²) in [5.41, 5.74) is 1.20. The van der Waals surface area contributed by atoms with Crippen LogP contribution in [0.4, 0.5) is 11.4 Å². The number of Topliss-reactive ketones (excluding diaryl/α,β-unsaturated/α-hetero) is 1. The zero-order valence-electron chi connectivity index (χ0n) is 21.9. The monoisotopic (exact) mass is 554 g/mol. The van der Waals surface area contributed by atoms with Crippen molar-refractivity contribution in [2.75, 3.05) is 16.2 Å². The lowest BCUT2D eigenvalue weighted by Crippen LogP contribution is -2.59. The molecular weight excluding hydrogens is 520 g/mol. The Morgan fingerprint density at radius 1 is 1.08 bits per heavy atom. The number of hydrogen-bond acceptors (Lipinski definition) is 7. The van der Waals surface area contributed by atoms with Gasteiger partial charge in [0.15, 0.2) is 11.8 Å². The Kier molecular flexibility index (Phi) is 8.57. The molecule has 1 saturated heterocycles. The summed E-state index contributed by atoms with van der Waals surface area (Å²) in [7, 11) is -3.73. The number of ketones is 1. The number of cyclic esters (lactones) is 1. The van der Waals surface area contributed by atoms with Crippen LogP contribution < -0.4 is 9.62 Å². The first-order valence-corrected chi connectivity index (χ1v) is 15.2. The van der Waals surface area contributed by atoms with Gasteiger partial charge < -0.3 is 9.64 Å². The first-order valence-electron chi connectivity index (χ1n) is 12.9. The number of aryl methyl sites for hydroxylation is 1. The summed E-state index contributed by atoms with van der Waals surface area (Å²) in [6.07, 6.45) is 2.09. The van der Waals surface area contributed by atoms with Crippen LogP contribution in [0.25, 0.3) is 0 Å².